The van der Waals surface area contributed by atoms with E-state index in [0.29, 0.717) is 22.5 Å². The Morgan fingerprint density at radius 3 is 2.81 bits per heavy atom. The van der Waals surface area contributed by atoms with Crippen LogP contribution >= 0.6 is 11.6 Å². The number of hydrogen-bond donors (Lipinski definition) is 3. The Morgan fingerprint density at radius 1 is 1.16 bits per heavy atom. The smallest absolute Gasteiger partial charge is 0.147 e. The molecule has 8 nitrogen and oxygen atoms in total. The number of nitrogen functional groups attached to an aromatic ring is 2. The molecule has 5 N–H and O–H groups in total. The predicted molar refractivity (Wildman–Crippen MR) is 125 cm³/mol. The monoisotopic (exact) mass is 452 g/mol. The van der Waals surface area contributed by atoms with E-state index in [1.807, 2.05) is 6.92 Å². The molecule has 3 aromatic heterocycles. The number of phenols is 1. The second kappa shape index (κ2) is 8.11. The van der Waals surface area contributed by atoms with Crippen molar-refractivity contribution in [3.63, 3.8) is 0 Å². The number of anilines is 2. The van der Waals surface area contributed by atoms with Crippen LogP contribution in [0.4, 0.5) is 11.6 Å². The van der Waals surface area contributed by atoms with Crippen molar-refractivity contribution in [3.8, 4) is 5.75 Å². The van der Waals surface area contributed by atoms with Crippen molar-refractivity contribution in [3.05, 3.63) is 47.4 Å². The summed E-state index contributed by atoms with van der Waals surface area (Å²) in [5.74, 6) is 1.72. The Labute approximate surface area is 190 Å². The van der Waals surface area contributed by atoms with E-state index in [9.17, 15) is 5.11 Å². The number of phenolic OH excluding ortho intramolecular Hbond substituents is 1. The van der Waals surface area contributed by atoms with Gasteiger partial charge in [0.1, 0.15) is 35.6 Å². The Balaban J connectivity index is 0.000000146. The van der Waals surface area contributed by atoms with Crippen molar-refractivity contribution in [1.29, 1.82) is 0 Å². The molecule has 6 rings (SSSR count). The van der Waals surface area contributed by atoms with Gasteiger partial charge in [-0.2, -0.15) is 0 Å². The van der Waals surface area contributed by atoms with Gasteiger partial charge in [0, 0.05) is 17.6 Å². The third-order valence-electron chi connectivity index (χ3n) is 6.35. The summed E-state index contributed by atoms with van der Waals surface area (Å²) in [5, 5.41) is 11.4. The van der Waals surface area contributed by atoms with Crippen LogP contribution in [-0.4, -0.2) is 30.7 Å². The molecule has 32 heavy (non-hydrogen) atoms. The summed E-state index contributed by atoms with van der Waals surface area (Å²) in [6.45, 7) is 2.05. The number of nitrogens with two attached hydrogens (primary N) is 2. The van der Waals surface area contributed by atoms with Gasteiger partial charge in [-0.15, -0.1) is 0 Å². The van der Waals surface area contributed by atoms with E-state index in [4.69, 9.17) is 27.8 Å². The van der Waals surface area contributed by atoms with Crippen molar-refractivity contribution < 1.29 is 9.84 Å². The number of halogens is 1. The molecule has 2 aliphatic rings. The first-order valence-electron chi connectivity index (χ1n) is 10.7. The predicted octanol–water partition coefficient (Wildman–Crippen LogP) is 4.59. The zero-order valence-electron chi connectivity index (χ0n) is 17.7. The highest BCUT2D eigenvalue weighted by Gasteiger charge is 2.39. The summed E-state index contributed by atoms with van der Waals surface area (Å²) in [7, 11) is 0. The summed E-state index contributed by atoms with van der Waals surface area (Å²) >= 11 is 5.78. The first-order valence-corrected chi connectivity index (χ1v) is 11.1. The van der Waals surface area contributed by atoms with Gasteiger partial charge in [-0.25, -0.2) is 15.0 Å². The maximum absolute atomic E-state index is 9.18. The minimum atomic E-state index is 0.112. The van der Waals surface area contributed by atoms with Crippen LogP contribution in [-0.2, 0) is 4.74 Å². The van der Waals surface area contributed by atoms with Gasteiger partial charge in [0.05, 0.1) is 22.0 Å². The van der Waals surface area contributed by atoms with E-state index in [-0.39, 0.29) is 17.8 Å². The Hall–Kier alpha value is -3.10. The lowest BCUT2D eigenvalue weighted by atomic mass is 10.0. The average molecular weight is 453 g/mol. The van der Waals surface area contributed by atoms with E-state index in [2.05, 4.69) is 25.7 Å². The number of fused-ring (bicyclic) bond motifs is 3. The number of aromatic hydroxyl groups is 1. The molecule has 0 bridgehead atoms. The van der Waals surface area contributed by atoms with Crippen LogP contribution < -0.4 is 11.5 Å². The summed E-state index contributed by atoms with van der Waals surface area (Å²) in [4.78, 5) is 12.5. The largest absolute Gasteiger partial charge is 0.508 e. The highest BCUT2D eigenvalue weighted by molar-refractivity contribution is 6.33. The molecule has 1 saturated heterocycles. The lowest BCUT2D eigenvalue weighted by Gasteiger charge is -2.15. The standard InChI is InChI=1S/C14H18N4O.C9H7ClN2O/c1-8-6-18(14-12(8)13(15)16-7-17-14)11-5-9-3-2-4-10(9)19-11;10-7-3-5-1-2-6(13)4-8(5)12-9(7)11/h6-7,9-11H,2-5H2,1H3,(H2,15,16,17);1-4,13H,(H2,11,12). The highest BCUT2D eigenvalue weighted by atomic mass is 35.5. The van der Waals surface area contributed by atoms with Gasteiger partial charge in [-0.1, -0.05) is 18.0 Å². The van der Waals surface area contributed by atoms with E-state index < -0.39 is 0 Å². The number of benzene rings is 1. The molecule has 1 aliphatic heterocycles. The van der Waals surface area contributed by atoms with Crippen LogP contribution in [0.15, 0.2) is 36.8 Å². The number of rotatable bonds is 1. The number of aryl methyl sites for hydroxylation is 1. The van der Waals surface area contributed by atoms with Gasteiger partial charge >= 0.3 is 0 Å². The molecule has 2 fully saturated rings. The van der Waals surface area contributed by atoms with E-state index in [1.54, 1.807) is 24.3 Å². The van der Waals surface area contributed by atoms with Crippen molar-refractivity contribution in [2.75, 3.05) is 11.5 Å². The molecule has 0 spiro atoms. The SMILES string of the molecule is Cc1cn(C2CC3CCCC3O2)c2ncnc(N)c12.Nc1nc2cc(O)ccc2cc1Cl. The van der Waals surface area contributed by atoms with Gasteiger partial charge < -0.3 is 25.9 Å². The Bertz CT molecular complexity index is 1290. The topological polar surface area (TPSA) is 125 Å². The first-order chi connectivity index (χ1) is 15.4. The molecule has 1 saturated carbocycles. The van der Waals surface area contributed by atoms with Crippen LogP contribution in [0.3, 0.4) is 0 Å². The number of aromatic nitrogens is 4. The fraction of sp³-hybridized carbons (Fsp3) is 0.348. The summed E-state index contributed by atoms with van der Waals surface area (Å²) in [5.41, 5.74) is 14.1. The first kappa shape index (κ1) is 20.8. The highest BCUT2D eigenvalue weighted by Crippen LogP contribution is 2.44. The van der Waals surface area contributed by atoms with Crippen molar-refractivity contribution >= 4 is 45.2 Å². The molecule has 9 heteroatoms. The van der Waals surface area contributed by atoms with Crippen LogP contribution in [0.5, 0.6) is 5.75 Å². The zero-order chi connectivity index (χ0) is 22.4. The van der Waals surface area contributed by atoms with Crippen LogP contribution in [0, 0.1) is 12.8 Å². The quantitative estimate of drug-likeness (QED) is 0.385. The molecular formula is C23H25ClN6O2. The van der Waals surface area contributed by atoms with E-state index in [1.165, 1.54) is 25.6 Å². The third-order valence-corrected chi connectivity index (χ3v) is 6.65. The molecule has 0 radical (unpaired) electrons. The lowest BCUT2D eigenvalue weighted by Crippen LogP contribution is -2.10. The maximum Gasteiger partial charge on any atom is 0.147 e. The fourth-order valence-corrected chi connectivity index (χ4v) is 4.97. The van der Waals surface area contributed by atoms with Crippen LogP contribution in [0.1, 0.15) is 37.5 Å². The van der Waals surface area contributed by atoms with Gasteiger partial charge in [0.15, 0.2) is 0 Å². The number of pyridine rings is 1. The third kappa shape index (κ3) is 3.69. The molecule has 3 atom stereocenters. The number of nitrogens with zero attached hydrogens (tertiary/aromatic N) is 4. The van der Waals surface area contributed by atoms with Crippen LogP contribution in [0.2, 0.25) is 5.02 Å². The fourth-order valence-electron chi connectivity index (χ4n) is 4.81. The molecule has 1 aliphatic carbocycles. The van der Waals surface area contributed by atoms with Crippen molar-refractivity contribution in [2.24, 2.45) is 5.92 Å². The second-order valence-electron chi connectivity index (χ2n) is 8.47. The minimum Gasteiger partial charge on any atom is -0.508 e. The Morgan fingerprint density at radius 2 is 2.00 bits per heavy atom. The normalized spacial score (nSPS) is 22.1. The molecule has 4 aromatic rings. The number of ether oxygens (including phenoxy) is 1. The summed E-state index contributed by atoms with van der Waals surface area (Å²) in [6, 6.07) is 6.58. The number of hydrogen-bond acceptors (Lipinski definition) is 7. The van der Waals surface area contributed by atoms with Gasteiger partial charge in [-0.05, 0) is 55.9 Å². The van der Waals surface area contributed by atoms with Crippen molar-refractivity contribution in [1.82, 2.24) is 19.5 Å². The molecule has 4 heterocycles. The molecular weight excluding hydrogens is 428 g/mol. The van der Waals surface area contributed by atoms with E-state index >= 15 is 0 Å². The van der Waals surface area contributed by atoms with Gasteiger partial charge in [0.2, 0.25) is 0 Å². The van der Waals surface area contributed by atoms with E-state index in [0.717, 1.165) is 34.3 Å². The van der Waals surface area contributed by atoms with Gasteiger partial charge in [0.25, 0.3) is 0 Å². The average Bonchev–Trinajstić information content (AvgIpc) is 3.44. The maximum atomic E-state index is 9.18. The minimum absolute atomic E-state index is 0.112. The molecule has 3 unspecified atom stereocenters. The second-order valence-corrected chi connectivity index (χ2v) is 8.87. The van der Waals surface area contributed by atoms with Crippen LogP contribution in [0.25, 0.3) is 21.9 Å². The zero-order valence-corrected chi connectivity index (χ0v) is 18.5. The van der Waals surface area contributed by atoms with Gasteiger partial charge in [-0.3, -0.25) is 0 Å². The Kier molecular flexibility index (Phi) is 5.27. The molecule has 0 amide bonds. The summed E-state index contributed by atoms with van der Waals surface area (Å²) in [6.07, 6.45) is 9.10. The van der Waals surface area contributed by atoms with Crippen molar-refractivity contribution in [2.45, 2.75) is 44.9 Å². The lowest BCUT2D eigenvalue weighted by molar-refractivity contribution is 0.00196. The molecule has 1 aromatic carbocycles. The summed E-state index contributed by atoms with van der Waals surface area (Å²) < 4.78 is 8.33. The molecule has 166 valence electrons.